The zero-order valence-electron chi connectivity index (χ0n) is 34.3. The average Bonchev–Trinajstić information content (AvgIpc) is 2.90. The summed E-state index contributed by atoms with van der Waals surface area (Å²) in [5.41, 5.74) is 0. The van der Waals surface area contributed by atoms with Crippen molar-refractivity contribution in [2.75, 3.05) is 0 Å². The molecule has 40 heavy (non-hydrogen) atoms. The summed E-state index contributed by atoms with van der Waals surface area (Å²) in [5.74, 6) is 7.07. The number of hydrogen-bond acceptors (Lipinski definition) is 0. The van der Waals surface area contributed by atoms with Gasteiger partial charge >= 0.3 is 0 Å². The lowest BCUT2D eigenvalue weighted by atomic mass is 10.2. The zero-order valence-corrected chi connectivity index (χ0v) is 34.3. The predicted molar refractivity (Wildman–Crippen MR) is 201 cm³/mol. The first kappa shape index (κ1) is 59.4. The van der Waals surface area contributed by atoms with E-state index in [2.05, 4.69) is 166 Å². The van der Waals surface area contributed by atoms with Crippen LogP contribution < -0.4 is 0 Å². The molecule has 0 heterocycles. The minimum absolute atomic E-state index is 0.884. The van der Waals surface area contributed by atoms with Crippen molar-refractivity contribution in [2.24, 2.45) is 47.3 Å². The second-order valence-electron chi connectivity index (χ2n) is 14.4. The van der Waals surface area contributed by atoms with Gasteiger partial charge in [-0.3, -0.25) is 0 Å². The molecule has 0 saturated carbocycles. The maximum Gasteiger partial charge on any atom is -0.0474 e. The van der Waals surface area contributed by atoms with E-state index in [0.717, 1.165) is 47.3 Å². The van der Waals surface area contributed by atoms with E-state index in [9.17, 15) is 0 Å². The van der Waals surface area contributed by atoms with Crippen molar-refractivity contribution < 1.29 is 0 Å². The van der Waals surface area contributed by atoms with Gasteiger partial charge in [0.25, 0.3) is 0 Å². The molecule has 0 fully saturated rings. The van der Waals surface area contributed by atoms with Crippen LogP contribution in [0.5, 0.6) is 0 Å². The van der Waals surface area contributed by atoms with Gasteiger partial charge in [0.2, 0.25) is 0 Å². The maximum absolute atomic E-state index is 2.22. The summed E-state index contributed by atoms with van der Waals surface area (Å²) < 4.78 is 0. The SMILES string of the molecule is CCC(C)C.CCC(C)C.CCC(C)C.CCC(C)C.CCC(C)C.CCC(C)C.CCC(C)C.CCC(C)C. The lowest BCUT2D eigenvalue weighted by Gasteiger charge is -1.90. The Hall–Kier alpha value is 0. The Kier molecular flexibility index (Phi) is 81.7. The minimum Gasteiger partial charge on any atom is -0.0651 e. The average molecular weight is 577 g/mol. The highest BCUT2D eigenvalue weighted by molar-refractivity contribution is 4.36. The van der Waals surface area contributed by atoms with Crippen molar-refractivity contribution in [1.29, 1.82) is 0 Å². The van der Waals surface area contributed by atoms with Crippen LogP contribution in [0, 0.1) is 47.3 Å². The molecule has 0 nitrogen and oxygen atoms in total. The van der Waals surface area contributed by atoms with E-state index >= 15 is 0 Å². The highest BCUT2D eigenvalue weighted by Crippen LogP contribution is 1.97. The molecular weight excluding hydrogens is 480 g/mol. The van der Waals surface area contributed by atoms with E-state index in [0.29, 0.717) is 0 Å². The highest BCUT2D eigenvalue weighted by Gasteiger charge is 1.83. The molecule has 0 unspecified atom stereocenters. The van der Waals surface area contributed by atoms with Crippen LogP contribution in [-0.2, 0) is 0 Å². The zero-order chi connectivity index (χ0) is 34.3. The van der Waals surface area contributed by atoms with Crippen LogP contribution in [0.25, 0.3) is 0 Å². The van der Waals surface area contributed by atoms with Gasteiger partial charge in [-0.05, 0) is 47.3 Å². The smallest absolute Gasteiger partial charge is 0.0474 e. The van der Waals surface area contributed by atoms with Crippen LogP contribution >= 0.6 is 0 Å². The van der Waals surface area contributed by atoms with Gasteiger partial charge in [0.05, 0.1) is 0 Å². The van der Waals surface area contributed by atoms with Crippen LogP contribution in [0.4, 0.5) is 0 Å². The second-order valence-corrected chi connectivity index (χ2v) is 14.4. The molecule has 0 aliphatic rings. The summed E-state index contributed by atoms with van der Waals surface area (Å²) in [6.45, 7) is 53.1. The third kappa shape index (κ3) is 203. The molecule has 256 valence electrons. The third-order valence-corrected chi connectivity index (χ3v) is 6.53. The lowest BCUT2D eigenvalue weighted by Crippen LogP contribution is -1.77. The van der Waals surface area contributed by atoms with E-state index in [1.54, 1.807) is 0 Å². The van der Waals surface area contributed by atoms with Crippen LogP contribution in [0.15, 0.2) is 0 Å². The molecule has 0 saturated heterocycles. The first-order valence-electron chi connectivity index (χ1n) is 18.2. The first-order chi connectivity index (χ1) is 18.2. The van der Waals surface area contributed by atoms with Crippen LogP contribution in [-0.4, -0.2) is 0 Å². The Labute approximate surface area is 264 Å². The molecule has 0 aromatic heterocycles. The molecule has 0 aromatic rings. The quantitative estimate of drug-likeness (QED) is 0.269. The summed E-state index contributed by atoms with van der Waals surface area (Å²) in [4.78, 5) is 0. The van der Waals surface area contributed by atoms with Gasteiger partial charge in [-0.1, -0.05) is 218 Å². The summed E-state index contributed by atoms with van der Waals surface area (Å²) in [5, 5.41) is 0. The number of hydrogen-bond donors (Lipinski definition) is 0. The molecule has 0 N–H and O–H groups in total. The monoisotopic (exact) mass is 577 g/mol. The molecule has 0 radical (unpaired) electrons. The van der Waals surface area contributed by atoms with Gasteiger partial charge in [-0.15, -0.1) is 0 Å². The van der Waals surface area contributed by atoms with Gasteiger partial charge in [0.1, 0.15) is 0 Å². The van der Waals surface area contributed by atoms with Crippen LogP contribution in [0.2, 0.25) is 0 Å². The molecule has 0 amide bonds. The molecule has 0 aliphatic heterocycles. The Bertz CT molecular complexity index is 208. The highest BCUT2D eigenvalue weighted by atomic mass is 13.9. The van der Waals surface area contributed by atoms with E-state index in [1.807, 2.05) is 0 Å². The van der Waals surface area contributed by atoms with Gasteiger partial charge < -0.3 is 0 Å². The van der Waals surface area contributed by atoms with E-state index < -0.39 is 0 Å². The first-order valence-corrected chi connectivity index (χ1v) is 18.2. The van der Waals surface area contributed by atoms with Gasteiger partial charge in [-0.25, -0.2) is 0 Å². The Morgan fingerprint density at radius 2 is 0.200 bits per heavy atom. The normalized spacial score (nSPS) is 9.60. The Balaban J connectivity index is -0.0000000488. The van der Waals surface area contributed by atoms with Crippen molar-refractivity contribution in [3.63, 3.8) is 0 Å². The molecular formula is C40H96. The van der Waals surface area contributed by atoms with E-state index in [-0.39, 0.29) is 0 Å². The Morgan fingerprint density at radius 1 is 0.175 bits per heavy atom. The molecule has 0 bridgehead atoms. The fraction of sp³-hybridized carbons (Fsp3) is 1.00. The molecule has 0 aromatic carbocycles. The van der Waals surface area contributed by atoms with Crippen molar-refractivity contribution in [1.82, 2.24) is 0 Å². The number of rotatable bonds is 8. The molecule has 0 heteroatoms. The minimum atomic E-state index is 0.884. The van der Waals surface area contributed by atoms with Crippen LogP contribution in [0.3, 0.4) is 0 Å². The summed E-state index contributed by atoms with van der Waals surface area (Å²) >= 11 is 0. The third-order valence-electron chi connectivity index (χ3n) is 6.53. The summed E-state index contributed by atoms with van der Waals surface area (Å²) in [6, 6.07) is 0. The molecule has 0 spiro atoms. The second kappa shape index (κ2) is 55.0. The van der Waals surface area contributed by atoms with Crippen molar-refractivity contribution in [3.05, 3.63) is 0 Å². The lowest BCUT2D eigenvalue weighted by molar-refractivity contribution is 0.626. The maximum atomic E-state index is 2.22. The molecule has 0 aliphatic carbocycles. The largest absolute Gasteiger partial charge is 0.0651 e. The van der Waals surface area contributed by atoms with Crippen molar-refractivity contribution in [2.45, 2.75) is 218 Å². The molecule has 0 rings (SSSR count). The fourth-order valence-corrected chi connectivity index (χ4v) is 0. The van der Waals surface area contributed by atoms with Gasteiger partial charge in [0.15, 0.2) is 0 Å². The van der Waals surface area contributed by atoms with Gasteiger partial charge in [0, 0.05) is 0 Å². The van der Waals surface area contributed by atoms with Gasteiger partial charge in [-0.2, -0.15) is 0 Å². The van der Waals surface area contributed by atoms with E-state index in [1.165, 1.54) is 51.4 Å². The standard InChI is InChI=1S/8C5H12/c8*1-4-5(2)3/h8*5H,4H2,1-3H3. The molecule has 0 atom stereocenters. The van der Waals surface area contributed by atoms with E-state index in [4.69, 9.17) is 0 Å². The topological polar surface area (TPSA) is 0 Å². The predicted octanol–water partition coefficient (Wildman–Crippen LogP) is 16.4. The van der Waals surface area contributed by atoms with Crippen molar-refractivity contribution in [3.8, 4) is 0 Å². The van der Waals surface area contributed by atoms with Crippen molar-refractivity contribution >= 4 is 0 Å². The van der Waals surface area contributed by atoms with Crippen LogP contribution in [0.1, 0.15) is 218 Å². The fourth-order valence-electron chi connectivity index (χ4n) is 0. The summed E-state index contributed by atoms with van der Waals surface area (Å²) in [7, 11) is 0. The summed E-state index contributed by atoms with van der Waals surface area (Å²) in [6.07, 6.45) is 10.4. The Morgan fingerprint density at radius 3 is 0.200 bits per heavy atom.